The monoisotopic (exact) mass is 150 g/mol. The lowest BCUT2D eigenvalue weighted by Crippen LogP contribution is -2.30. The fourth-order valence-corrected chi connectivity index (χ4v) is 0.792. The standard InChI is InChI=1S/C6H3BO4/c1-2-3(8)4(9)5(10)6(2)11-7/h1H3. The highest BCUT2D eigenvalue weighted by atomic mass is 16.4. The van der Waals surface area contributed by atoms with Gasteiger partial charge in [0.1, 0.15) is 0 Å². The van der Waals surface area contributed by atoms with Gasteiger partial charge in [-0.2, -0.15) is 0 Å². The van der Waals surface area contributed by atoms with Crippen LogP contribution >= 0.6 is 0 Å². The second-order valence-corrected chi connectivity index (χ2v) is 2.06. The van der Waals surface area contributed by atoms with Crippen LogP contribution < -0.4 is 20.9 Å². The summed E-state index contributed by atoms with van der Waals surface area (Å²) in [6.07, 6.45) is 0. The predicted molar refractivity (Wildman–Crippen MR) is 38.7 cm³/mol. The summed E-state index contributed by atoms with van der Waals surface area (Å²) >= 11 is 0. The molecular formula is C6H3BO4. The van der Waals surface area contributed by atoms with Gasteiger partial charge < -0.3 is 4.65 Å². The molecule has 0 aliphatic heterocycles. The molecule has 0 aliphatic rings. The van der Waals surface area contributed by atoms with Gasteiger partial charge in [-0.25, -0.2) is 0 Å². The third-order valence-corrected chi connectivity index (χ3v) is 1.42. The number of hydrogen-bond acceptors (Lipinski definition) is 4. The Bertz CT molecular complexity index is 413. The van der Waals surface area contributed by atoms with Crippen molar-refractivity contribution in [3.8, 4) is 5.75 Å². The molecule has 0 aromatic heterocycles. The fraction of sp³-hybridized carbons (Fsp3) is 0.167. The van der Waals surface area contributed by atoms with E-state index in [2.05, 4.69) is 12.7 Å². The lowest BCUT2D eigenvalue weighted by Gasteiger charge is -1.92. The normalized spacial score (nSPS) is 9.91. The van der Waals surface area contributed by atoms with Gasteiger partial charge in [-0.1, -0.05) is 0 Å². The van der Waals surface area contributed by atoms with Crippen LogP contribution in [0.3, 0.4) is 0 Å². The average molecular weight is 150 g/mol. The second-order valence-electron chi connectivity index (χ2n) is 2.06. The van der Waals surface area contributed by atoms with Crippen molar-refractivity contribution >= 4 is 8.05 Å². The first kappa shape index (κ1) is 7.72. The SMILES string of the molecule is [B]Oc1c(C)c(=O)c(=O)c1=O. The summed E-state index contributed by atoms with van der Waals surface area (Å²) in [6.45, 7) is 1.31. The number of rotatable bonds is 1. The molecule has 1 aromatic rings. The molecule has 0 atom stereocenters. The van der Waals surface area contributed by atoms with Crippen molar-refractivity contribution in [1.29, 1.82) is 0 Å². The maximum absolute atomic E-state index is 10.7. The topological polar surface area (TPSA) is 60.4 Å². The average Bonchev–Trinajstić information content (AvgIpc) is 2.17. The Morgan fingerprint density at radius 1 is 1.09 bits per heavy atom. The van der Waals surface area contributed by atoms with Crippen LogP contribution in [-0.4, -0.2) is 8.05 Å². The zero-order valence-corrected chi connectivity index (χ0v) is 5.71. The van der Waals surface area contributed by atoms with E-state index in [1.54, 1.807) is 0 Å². The number of hydrogen-bond donors (Lipinski definition) is 0. The first-order valence-corrected chi connectivity index (χ1v) is 2.80. The van der Waals surface area contributed by atoms with Crippen LogP contribution in [0.15, 0.2) is 14.4 Å². The van der Waals surface area contributed by atoms with Crippen LogP contribution in [0.25, 0.3) is 0 Å². The third-order valence-electron chi connectivity index (χ3n) is 1.42. The van der Waals surface area contributed by atoms with Gasteiger partial charge in [-0.05, 0) is 6.92 Å². The van der Waals surface area contributed by atoms with Crippen LogP contribution in [0.5, 0.6) is 5.75 Å². The van der Waals surface area contributed by atoms with Crippen LogP contribution in [0, 0.1) is 6.92 Å². The van der Waals surface area contributed by atoms with E-state index in [4.69, 9.17) is 0 Å². The lowest BCUT2D eigenvalue weighted by atomic mass is 10.3. The molecule has 0 amide bonds. The minimum absolute atomic E-state index is 0.0255. The Hall–Kier alpha value is -1.39. The fourth-order valence-electron chi connectivity index (χ4n) is 0.792. The summed E-state index contributed by atoms with van der Waals surface area (Å²) in [5, 5.41) is 0. The maximum atomic E-state index is 10.7. The van der Waals surface area contributed by atoms with Crippen LogP contribution in [0.2, 0.25) is 0 Å². The first-order valence-electron chi connectivity index (χ1n) is 2.80. The molecule has 2 radical (unpaired) electrons. The smallest absolute Gasteiger partial charge is 0.374 e. The second kappa shape index (κ2) is 2.34. The van der Waals surface area contributed by atoms with Gasteiger partial charge >= 0.3 is 8.05 Å². The van der Waals surface area contributed by atoms with Crippen LogP contribution in [0.4, 0.5) is 0 Å². The molecule has 0 aliphatic carbocycles. The maximum Gasteiger partial charge on any atom is 0.374 e. The molecule has 5 heteroatoms. The van der Waals surface area contributed by atoms with Gasteiger partial charge in [0.05, 0.1) is 0 Å². The van der Waals surface area contributed by atoms with Gasteiger partial charge in [0, 0.05) is 5.56 Å². The summed E-state index contributed by atoms with van der Waals surface area (Å²) in [7, 11) is 4.66. The van der Waals surface area contributed by atoms with Crippen molar-refractivity contribution < 1.29 is 4.65 Å². The molecule has 1 aromatic carbocycles. The largest absolute Gasteiger partial charge is 0.565 e. The van der Waals surface area contributed by atoms with Crippen LogP contribution in [-0.2, 0) is 0 Å². The van der Waals surface area contributed by atoms with Crippen molar-refractivity contribution in [2.24, 2.45) is 0 Å². The minimum Gasteiger partial charge on any atom is -0.565 e. The zero-order chi connectivity index (χ0) is 8.59. The van der Waals surface area contributed by atoms with Crippen molar-refractivity contribution in [2.45, 2.75) is 6.92 Å². The van der Waals surface area contributed by atoms with E-state index in [0.29, 0.717) is 0 Å². The van der Waals surface area contributed by atoms with E-state index >= 15 is 0 Å². The van der Waals surface area contributed by atoms with Gasteiger partial charge in [0.25, 0.3) is 10.9 Å². The molecule has 4 nitrogen and oxygen atoms in total. The van der Waals surface area contributed by atoms with Gasteiger partial charge in [0.2, 0.25) is 5.43 Å². The van der Waals surface area contributed by atoms with E-state index in [1.165, 1.54) is 6.92 Å². The highest BCUT2D eigenvalue weighted by Gasteiger charge is 2.15. The quantitative estimate of drug-likeness (QED) is 0.357. The molecule has 0 saturated heterocycles. The van der Waals surface area contributed by atoms with E-state index < -0.39 is 16.3 Å². The summed E-state index contributed by atoms with van der Waals surface area (Å²) in [4.78, 5) is 32.1. The lowest BCUT2D eigenvalue weighted by molar-refractivity contribution is 0.607. The first-order chi connectivity index (χ1) is 5.09. The molecule has 0 unspecified atom stereocenters. The molecule has 0 spiro atoms. The third kappa shape index (κ3) is 0.887. The molecule has 0 heterocycles. The Balaban J connectivity index is 3.77. The predicted octanol–water partition coefficient (Wildman–Crippen LogP) is -1.59. The van der Waals surface area contributed by atoms with E-state index in [0.717, 1.165) is 0 Å². The summed E-state index contributed by atoms with van der Waals surface area (Å²) in [5.74, 6) is -0.347. The van der Waals surface area contributed by atoms with Gasteiger partial charge in [0.15, 0.2) is 5.75 Å². The Morgan fingerprint density at radius 3 is 1.82 bits per heavy atom. The molecule has 0 saturated carbocycles. The molecule has 0 N–H and O–H groups in total. The zero-order valence-electron chi connectivity index (χ0n) is 5.71. The summed E-state index contributed by atoms with van der Waals surface area (Å²) in [5.41, 5.74) is -2.91. The van der Waals surface area contributed by atoms with Gasteiger partial charge in [-0.3, -0.25) is 14.4 Å². The molecule has 11 heavy (non-hydrogen) atoms. The Morgan fingerprint density at radius 2 is 1.64 bits per heavy atom. The summed E-state index contributed by atoms with van der Waals surface area (Å²) in [6, 6.07) is 0. The van der Waals surface area contributed by atoms with Crippen molar-refractivity contribution in [2.75, 3.05) is 0 Å². The van der Waals surface area contributed by atoms with E-state index in [9.17, 15) is 14.4 Å². The molecule has 54 valence electrons. The van der Waals surface area contributed by atoms with E-state index in [1.807, 2.05) is 0 Å². The molecule has 0 fully saturated rings. The molecule has 1 rings (SSSR count). The highest BCUT2D eigenvalue weighted by Crippen LogP contribution is 2.02. The highest BCUT2D eigenvalue weighted by molar-refractivity contribution is 6.00. The van der Waals surface area contributed by atoms with Crippen molar-refractivity contribution in [1.82, 2.24) is 0 Å². The molecule has 0 bridgehead atoms. The van der Waals surface area contributed by atoms with Crippen LogP contribution in [0.1, 0.15) is 5.56 Å². The Kier molecular flexibility index (Phi) is 1.64. The van der Waals surface area contributed by atoms with Crippen molar-refractivity contribution in [3.05, 3.63) is 36.2 Å². The van der Waals surface area contributed by atoms with E-state index in [-0.39, 0.29) is 11.3 Å². The molecular weight excluding hydrogens is 147 g/mol. The van der Waals surface area contributed by atoms with Crippen molar-refractivity contribution in [3.63, 3.8) is 0 Å². The van der Waals surface area contributed by atoms with Gasteiger partial charge in [-0.15, -0.1) is 0 Å². The Labute approximate surface area is 62.6 Å². The minimum atomic E-state index is -1.08. The summed E-state index contributed by atoms with van der Waals surface area (Å²) < 4.78 is 4.06.